The molecule has 21 heavy (non-hydrogen) atoms. The molecule has 0 spiro atoms. The van der Waals surface area contributed by atoms with Crippen LogP contribution in [0.15, 0.2) is 60.8 Å². The van der Waals surface area contributed by atoms with Gasteiger partial charge >= 0.3 is 0 Å². The molecule has 3 rings (SSSR count). The van der Waals surface area contributed by atoms with E-state index in [4.69, 9.17) is 16.9 Å². The van der Waals surface area contributed by atoms with E-state index in [1.165, 1.54) is 0 Å². The second-order valence-electron chi connectivity index (χ2n) is 4.62. The zero-order valence-corrected chi connectivity index (χ0v) is 12.0. The molecule has 1 aromatic heterocycles. The van der Waals surface area contributed by atoms with Gasteiger partial charge in [-0.05, 0) is 24.3 Å². The topological polar surface area (TPSA) is 41.6 Å². The summed E-state index contributed by atoms with van der Waals surface area (Å²) in [5.41, 5.74) is 3.65. The van der Waals surface area contributed by atoms with Crippen molar-refractivity contribution in [3.8, 4) is 23.0 Å². The van der Waals surface area contributed by atoms with Crippen LogP contribution >= 0.6 is 11.6 Å². The Kier molecular flexibility index (Phi) is 3.72. The molecule has 0 N–H and O–H groups in total. The van der Waals surface area contributed by atoms with E-state index in [0.717, 1.165) is 22.5 Å². The van der Waals surface area contributed by atoms with Crippen LogP contribution in [-0.4, -0.2) is 9.78 Å². The predicted molar refractivity (Wildman–Crippen MR) is 83.3 cm³/mol. The van der Waals surface area contributed by atoms with Gasteiger partial charge in [0.25, 0.3) is 0 Å². The quantitative estimate of drug-likeness (QED) is 0.724. The molecule has 0 aliphatic heterocycles. The van der Waals surface area contributed by atoms with E-state index in [1.807, 2.05) is 60.8 Å². The standard InChI is InChI=1S/C17H12ClN3/c18-15-8-6-13(7-9-15)17-14(10-11-19)12-21(20-17)16-4-2-1-3-5-16/h1-9,12H,10H2. The van der Waals surface area contributed by atoms with Gasteiger partial charge in [0.1, 0.15) is 0 Å². The number of hydrogen-bond donors (Lipinski definition) is 0. The molecule has 0 saturated heterocycles. The normalized spacial score (nSPS) is 10.3. The molecule has 2 aromatic carbocycles. The number of nitriles is 1. The lowest BCUT2D eigenvalue weighted by molar-refractivity contribution is 0.883. The molecule has 0 bridgehead atoms. The van der Waals surface area contributed by atoms with Crippen LogP contribution in [0.1, 0.15) is 5.56 Å². The fourth-order valence-electron chi connectivity index (χ4n) is 2.19. The Morgan fingerprint density at radius 3 is 2.43 bits per heavy atom. The fraction of sp³-hybridized carbons (Fsp3) is 0.0588. The first-order chi connectivity index (χ1) is 10.3. The Hall–Kier alpha value is -2.57. The van der Waals surface area contributed by atoms with Crippen molar-refractivity contribution in [3.63, 3.8) is 0 Å². The maximum atomic E-state index is 9.01. The van der Waals surface area contributed by atoms with E-state index in [1.54, 1.807) is 4.68 Å². The second-order valence-corrected chi connectivity index (χ2v) is 5.06. The van der Waals surface area contributed by atoms with Crippen LogP contribution in [0, 0.1) is 11.3 Å². The monoisotopic (exact) mass is 293 g/mol. The number of benzene rings is 2. The number of aromatic nitrogens is 2. The van der Waals surface area contributed by atoms with Crippen molar-refractivity contribution >= 4 is 11.6 Å². The minimum Gasteiger partial charge on any atom is -0.240 e. The van der Waals surface area contributed by atoms with Gasteiger partial charge in [-0.2, -0.15) is 10.4 Å². The van der Waals surface area contributed by atoms with Crippen molar-refractivity contribution in [2.75, 3.05) is 0 Å². The van der Waals surface area contributed by atoms with Crippen molar-refractivity contribution in [2.45, 2.75) is 6.42 Å². The third-order valence-electron chi connectivity index (χ3n) is 3.20. The third kappa shape index (κ3) is 2.81. The highest BCUT2D eigenvalue weighted by Crippen LogP contribution is 2.25. The average Bonchev–Trinajstić information content (AvgIpc) is 2.93. The molecular weight excluding hydrogens is 282 g/mol. The van der Waals surface area contributed by atoms with E-state index in [2.05, 4.69) is 11.2 Å². The summed E-state index contributed by atoms with van der Waals surface area (Å²) in [4.78, 5) is 0. The minimum atomic E-state index is 0.324. The summed E-state index contributed by atoms with van der Waals surface area (Å²) in [6.07, 6.45) is 2.23. The molecule has 0 aliphatic carbocycles. The van der Waals surface area contributed by atoms with Gasteiger partial charge in [0.05, 0.1) is 23.9 Å². The highest BCUT2D eigenvalue weighted by molar-refractivity contribution is 6.30. The Labute approximate surface area is 128 Å². The van der Waals surface area contributed by atoms with Crippen molar-refractivity contribution in [1.82, 2.24) is 9.78 Å². The third-order valence-corrected chi connectivity index (χ3v) is 3.45. The van der Waals surface area contributed by atoms with E-state index >= 15 is 0 Å². The highest BCUT2D eigenvalue weighted by atomic mass is 35.5. The zero-order chi connectivity index (χ0) is 14.7. The first-order valence-corrected chi connectivity index (χ1v) is 6.92. The molecule has 0 amide bonds. The van der Waals surface area contributed by atoms with Crippen LogP contribution in [0.25, 0.3) is 16.9 Å². The lowest BCUT2D eigenvalue weighted by atomic mass is 10.1. The van der Waals surface area contributed by atoms with Crippen LogP contribution < -0.4 is 0 Å². The number of nitrogens with zero attached hydrogens (tertiary/aromatic N) is 3. The molecule has 1 heterocycles. The van der Waals surface area contributed by atoms with E-state index < -0.39 is 0 Å². The van der Waals surface area contributed by atoms with Crippen molar-refractivity contribution < 1.29 is 0 Å². The first kappa shape index (κ1) is 13.4. The molecule has 102 valence electrons. The van der Waals surface area contributed by atoms with Crippen molar-refractivity contribution in [1.29, 1.82) is 5.26 Å². The van der Waals surface area contributed by atoms with Gasteiger partial charge < -0.3 is 0 Å². The molecule has 4 heteroatoms. The molecule has 0 radical (unpaired) electrons. The van der Waals surface area contributed by atoms with E-state index in [-0.39, 0.29) is 0 Å². The maximum absolute atomic E-state index is 9.01. The predicted octanol–water partition coefficient (Wildman–Crippen LogP) is 4.26. The number of rotatable bonds is 3. The number of para-hydroxylation sites is 1. The SMILES string of the molecule is N#CCc1cn(-c2ccccc2)nc1-c1ccc(Cl)cc1. The summed E-state index contributed by atoms with van der Waals surface area (Å²) in [5, 5.41) is 14.3. The van der Waals surface area contributed by atoms with Gasteiger partial charge in [0, 0.05) is 22.3 Å². The Bertz CT molecular complexity index is 783. The fourth-order valence-corrected chi connectivity index (χ4v) is 2.31. The smallest absolute Gasteiger partial charge is 0.0970 e. The van der Waals surface area contributed by atoms with Gasteiger partial charge in [-0.25, -0.2) is 4.68 Å². The van der Waals surface area contributed by atoms with Gasteiger partial charge in [0.15, 0.2) is 0 Å². The van der Waals surface area contributed by atoms with E-state index in [0.29, 0.717) is 11.4 Å². The molecule has 0 unspecified atom stereocenters. The summed E-state index contributed by atoms with van der Waals surface area (Å²) in [7, 11) is 0. The van der Waals surface area contributed by atoms with Gasteiger partial charge in [-0.3, -0.25) is 0 Å². The largest absolute Gasteiger partial charge is 0.240 e. The Morgan fingerprint density at radius 2 is 1.76 bits per heavy atom. The summed E-state index contributed by atoms with van der Waals surface area (Å²) in [6, 6.07) is 19.5. The van der Waals surface area contributed by atoms with Gasteiger partial charge in [-0.15, -0.1) is 0 Å². The maximum Gasteiger partial charge on any atom is 0.0970 e. The molecule has 0 saturated carbocycles. The summed E-state index contributed by atoms with van der Waals surface area (Å²) >= 11 is 5.92. The highest BCUT2D eigenvalue weighted by Gasteiger charge is 2.11. The van der Waals surface area contributed by atoms with Crippen LogP contribution in [-0.2, 0) is 6.42 Å². The number of hydrogen-bond acceptors (Lipinski definition) is 2. The number of halogens is 1. The van der Waals surface area contributed by atoms with Crippen molar-refractivity contribution in [3.05, 3.63) is 71.4 Å². The molecular formula is C17H12ClN3. The summed E-state index contributed by atoms with van der Waals surface area (Å²) < 4.78 is 1.80. The Balaban J connectivity index is 2.09. The summed E-state index contributed by atoms with van der Waals surface area (Å²) in [5.74, 6) is 0. The van der Waals surface area contributed by atoms with Crippen LogP contribution in [0.5, 0.6) is 0 Å². The van der Waals surface area contributed by atoms with Crippen LogP contribution in [0.3, 0.4) is 0 Å². The lowest BCUT2D eigenvalue weighted by Gasteiger charge is -2.00. The zero-order valence-electron chi connectivity index (χ0n) is 11.2. The van der Waals surface area contributed by atoms with Gasteiger partial charge in [0.2, 0.25) is 0 Å². The summed E-state index contributed by atoms with van der Waals surface area (Å²) in [6.45, 7) is 0. The molecule has 0 aliphatic rings. The molecule has 3 nitrogen and oxygen atoms in total. The van der Waals surface area contributed by atoms with Crippen LogP contribution in [0.4, 0.5) is 0 Å². The van der Waals surface area contributed by atoms with Gasteiger partial charge in [-0.1, -0.05) is 41.9 Å². The van der Waals surface area contributed by atoms with Crippen molar-refractivity contribution in [2.24, 2.45) is 0 Å². The molecule has 0 atom stereocenters. The molecule has 3 aromatic rings. The van der Waals surface area contributed by atoms with Crippen LogP contribution in [0.2, 0.25) is 5.02 Å². The van der Waals surface area contributed by atoms with E-state index in [9.17, 15) is 0 Å². The first-order valence-electron chi connectivity index (χ1n) is 6.55. The molecule has 0 fully saturated rings. The second kappa shape index (κ2) is 5.82. The lowest BCUT2D eigenvalue weighted by Crippen LogP contribution is -1.93. The Morgan fingerprint density at radius 1 is 1.05 bits per heavy atom. The minimum absolute atomic E-state index is 0.324. The average molecular weight is 294 g/mol.